The maximum absolute atomic E-state index is 4.73. The van der Waals surface area contributed by atoms with Crippen LogP contribution in [0.1, 0.15) is 61.1 Å². The Kier molecular flexibility index (Phi) is 6.13. The van der Waals surface area contributed by atoms with E-state index in [0.717, 1.165) is 79.3 Å². The predicted octanol–water partition coefficient (Wildman–Crippen LogP) is 4.62. The third-order valence-corrected chi connectivity index (χ3v) is 6.79. The number of H-pyrrole nitrogens is 1. The third kappa shape index (κ3) is 4.37. The maximum Gasteiger partial charge on any atom is 0.163 e. The lowest BCUT2D eigenvalue weighted by atomic mass is 9.92. The summed E-state index contributed by atoms with van der Waals surface area (Å²) in [5.74, 6) is 1.35. The summed E-state index contributed by atoms with van der Waals surface area (Å²) in [7, 11) is 0. The fourth-order valence-electron chi connectivity index (χ4n) is 4.94. The van der Waals surface area contributed by atoms with Crippen LogP contribution >= 0.6 is 0 Å². The van der Waals surface area contributed by atoms with Crippen LogP contribution in [0.4, 0.5) is 0 Å². The van der Waals surface area contributed by atoms with Crippen LogP contribution in [0.5, 0.6) is 0 Å². The van der Waals surface area contributed by atoms with Gasteiger partial charge in [0.2, 0.25) is 0 Å². The summed E-state index contributed by atoms with van der Waals surface area (Å²) in [4.78, 5) is 20.9. The molecule has 33 heavy (non-hydrogen) atoms. The number of fused-ring (bicyclic) bond motifs is 1. The monoisotopic (exact) mass is 441 g/mol. The fraction of sp³-hybridized carbons (Fsp3) is 0.423. The molecule has 1 aliphatic heterocycles. The third-order valence-electron chi connectivity index (χ3n) is 6.79. The summed E-state index contributed by atoms with van der Waals surface area (Å²) < 4.78 is 0. The smallest absolute Gasteiger partial charge is 0.163 e. The summed E-state index contributed by atoms with van der Waals surface area (Å²) in [5.41, 5.74) is 7.70. The van der Waals surface area contributed by atoms with Crippen molar-refractivity contribution >= 4 is 11.0 Å². The van der Waals surface area contributed by atoms with E-state index in [1.807, 2.05) is 25.3 Å². The van der Waals surface area contributed by atoms with E-state index < -0.39 is 0 Å². The first kappa shape index (κ1) is 21.6. The van der Waals surface area contributed by atoms with Crippen molar-refractivity contribution in [2.45, 2.75) is 58.9 Å². The number of pyridine rings is 2. The maximum atomic E-state index is 4.73. The molecular weight excluding hydrogens is 410 g/mol. The van der Waals surface area contributed by atoms with Gasteiger partial charge >= 0.3 is 0 Å². The number of hydrogen-bond donors (Lipinski definition) is 1. The average molecular weight is 442 g/mol. The Morgan fingerprint density at radius 1 is 1.03 bits per heavy atom. The Labute approximate surface area is 194 Å². The quantitative estimate of drug-likeness (QED) is 0.470. The second-order valence-electron chi connectivity index (χ2n) is 8.86. The molecule has 0 unspecified atom stereocenters. The van der Waals surface area contributed by atoms with Gasteiger partial charge in [0.1, 0.15) is 5.82 Å². The molecule has 5 rings (SSSR count). The van der Waals surface area contributed by atoms with Gasteiger partial charge in [0.25, 0.3) is 0 Å². The second-order valence-corrected chi connectivity index (χ2v) is 8.86. The predicted molar refractivity (Wildman–Crippen MR) is 130 cm³/mol. The molecule has 1 N–H and O–H groups in total. The lowest BCUT2D eigenvalue weighted by Crippen LogP contribution is -2.33. The molecule has 0 spiro atoms. The minimum absolute atomic E-state index is 0.496. The summed E-state index contributed by atoms with van der Waals surface area (Å²) in [5, 5.41) is 9.07. The molecular formula is C26H31N7. The molecule has 0 aliphatic carbocycles. The van der Waals surface area contributed by atoms with Gasteiger partial charge in [-0.05, 0) is 75.5 Å². The summed E-state index contributed by atoms with van der Waals surface area (Å²) in [6, 6.07) is 8.33. The van der Waals surface area contributed by atoms with Crippen LogP contribution in [0.25, 0.3) is 22.3 Å². The van der Waals surface area contributed by atoms with Crippen LogP contribution in [0, 0.1) is 6.92 Å². The van der Waals surface area contributed by atoms with Crippen LogP contribution in [-0.4, -0.2) is 48.1 Å². The fourth-order valence-corrected chi connectivity index (χ4v) is 4.94. The van der Waals surface area contributed by atoms with Crippen molar-refractivity contribution in [2.24, 2.45) is 0 Å². The number of hydrogen-bond acceptors (Lipinski definition) is 6. The Morgan fingerprint density at radius 3 is 2.67 bits per heavy atom. The van der Waals surface area contributed by atoms with Gasteiger partial charge in [-0.2, -0.15) is 5.10 Å². The van der Waals surface area contributed by atoms with E-state index in [-0.39, 0.29) is 0 Å². The van der Waals surface area contributed by atoms with Crippen molar-refractivity contribution in [2.75, 3.05) is 13.1 Å². The number of rotatable bonds is 6. The van der Waals surface area contributed by atoms with E-state index in [4.69, 9.17) is 15.1 Å². The first-order chi connectivity index (χ1) is 16.2. The van der Waals surface area contributed by atoms with Crippen molar-refractivity contribution < 1.29 is 0 Å². The van der Waals surface area contributed by atoms with Gasteiger partial charge in [-0.3, -0.25) is 15.0 Å². The molecule has 0 atom stereocenters. The van der Waals surface area contributed by atoms with Gasteiger partial charge in [0.15, 0.2) is 5.65 Å². The zero-order valence-electron chi connectivity index (χ0n) is 19.7. The molecule has 7 nitrogen and oxygen atoms in total. The molecule has 7 heteroatoms. The molecule has 1 saturated heterocycles. The van der Waals surface area contributed by atoms with Crippen LogP contribution < -0.4 is 0 Å². The Balaban J connectivity index is 1.27. The van der Waals surface area contributed by atoms with E-state index in [9.17, 15) is 0 Å². The van der Waals surface area contributed by atoms with Crippen molar-refractivity contribution in [3.63, 3.8) is 0 Å². The average Bonchev–Trinajstić information content (AvgIpc) is 3.34. The van der Waals surface area contributed by atoms with E-state index in [1.165, 1.54) is 16.8 Å². The Morgan fingerprint density at radius 2 is 1.88 bits per heavy atom. The minimum atomic E-state index is 0.496. The Hall–Kier alpha value is -3.19. The topological polar surface area (TPSA) is 83.5 Å². The molecule has 4 aromatic rings. The minimum Gasteiger partial charge on any atom is -0.296 e. The van der Waals surface area contributed by atoms with Gasteiger partial charge in [0, 0.05) is 40.6 Å². The molecule has 0 saturated carbocycles. The summed E-state index contributed by atoms with van der Waals surface area (Å²) >= 11 is 0. The SMILES string of the molecule is CCc1ccnc(CC)c1-c1cc(C2CCN(Cc3nc(C)c4cccnc4n3)CC2)[nH]n1. The number of aromatic nitrogens is 6. The van der Waals surface area contributed by atoms with Crippen molar-refractivity contribution in [3.05, 3.63) is 65.1 Å². The van der Waals surface area contributed by atoms with E-state index in [0.29, 0.717) is 5.92 Å². The zero-order valence-corrected chi connectivity index (χ0v) is 19.7. The standard InChI is InChI=1S/C26H31N7/c1-4-18-8-12-27-21(5-2)25(18)23-15-22(31-32-23)19-9-13-33(14-10-19)16-24-29-17(3)20-7-6-11-28-26(20)30-24/h6-8,11-12,15,19H,4-5,9-10,13-14,16H2,1-3H3,(H,31,32). The molecule has 0 radical (unpaired) electrons. The lowest BCUT2D eigenvalue weighted by Gasteiger charge is -2.30. The second kappa shape index (κ2) is 9.35. The normalized spacial score (nSPS) is 15.4. The van der Waals surface area contributed by atoms with Crippen molar-refractivity contribution in [1.82, 2.24) is 35.0 Å². The highest BCUT2D eigenvalue weighted by atomic mass is 15.2. The Bertz CT molecular complexity index is 1230. The van der Waals surface area contributed by atoms with Crippen molar-refractivity contribution in [1.29, 1.82) is 0 Å². The van der Waals surface area contributed by atoms with Gasteiger partial charge in [-0.25, -0.2) is 15.0 Å². The van der Waals surface area contributed by atoms with Gasteiger partial charge in [-0.15, -0.1) is 0 Å². The highest BCUT2D eigenvalue weighted by molar-refractivity contribution is 5.76. The summed E-state index contributed by atoms with van der Waals surface area (Å²) in [6.07, 6.45) is 7.80. The van der Waals surface area contributed by atoms with Gasteiger partial charge in [-0.1, -0.05) is 13.8 Å². The largest absolute Gasteiger partial charge is 0.296 e. The number of nitrogens with zero attached hydrogens (tertiary/aromatic N) is 6. The highest BCUT2D eigenvalue weighted by Crippen LogP contribution is 2.32. The number of likely N-dealkylation sites (tertiary alicyclic amines) is 1. The molecule has 1 fully saturated rings. The molecule has 0 amide bonds. The van der Waals surface area contributed by atoms with E-state index in [1.54, 1.807) is 6.20 Å². The van der Waals surface area contributed by atoms with E-state index in [2.05, 4.69) is 45.9 Å². The van der Waals surface area contributed by atoms with E-state index >= 15 is 0 Å². The molecule has 0 aromatic carbocycles. The molecule has 5 heterocycles. The molecule has 0 bridgehead atoms. The van der Waals surface area contributed by atoms with Crippen LogP contribution in [0.2, 0.25) is 0 Å². The number of piperidine rings is 1. The first-order valence-corrected chi connectivity index (χ1v) is 12.0. The highest BCUT2D eigenvalue weighted by Gasteiger charge is 2.24. The first-order valence-electron chi connectivity index (χ1n) is 12.0. The summed E-state index contributed by atoms with van der Waals surface area (Å²) in [6.45, 7) is 9.20. The molecule has 4 aromatic heterocycles. The molecule has 170 valence electrons. The van der Waals surface area contributed by atoms with Crippen LogP contribution in [0.15, 0.2) is 36.7 Å². The lowest BCUT2D eigenvalue weighted by molar-refractivity contribution is 0.199. The van der Waals surface area contributed by atoms with Gasteiger partial charge in [0.05, 0.1) is 17.9 Å². The zero-order chi connectivity index (χ0) is 22.8. The van der Waals surface area contributed by atoms with Crippen LogP contribution in [0.3, 0.4) is 0 Å². The number of nitrogens with one attached hydrogen (secondary N) is 1. The van der Waals surface area contributed by atoms with Crippen LogP contribution in [-0.2, 0) is 19.4 Å². The van der Waals surface area contributed by atoms with Gasteiger partial charge < -0.3 is 0 Å². The number of aryl methyl sites for hydroxylation is 3. The van der Waals surface area contributed by atoms with Crippen molar-refractivity contribution in [3.8, 4) is 11.3 Å². The molecule has 1 aliphatic rings. The number of aromatic amines is 1.